The van der Waals surface area contributed by atoms with Crippen LogP contribution >= 0.6 is 0 Å². The summed E-state index contributed by atoms with van der Waals surface area (Å²) in [7, 11) is 1.69. The van der Waals surface area contributed by atoms with E-state index in [0.29, 0.717) is 18.7 Å². The smallest absolute Gasteiger partial charge is 0.330 e. The summed E-state index contributed by atoms with van der Waals surface area (Å²) in [6.07, 6.45) is 1.56. The van der Waals surface area contributed by atoms with Crippen molar-refractivity contribution in [2.45, 2.75) is 33.2 Å². The molecule has 1 amide bonds. The fraction of sp³-hybridized carbons (Fsp3) is 0.421. The summed E-state index contributed by atoms with van der Waals surface area (Å²) in [5.74, 6) is -0.763. The zero-order valence-electron chi connectivity index (χ0n) is 16.4. The third kappa shape index (κ3) is 4.59. The van der Waals surface area contributed by atoms with Gasteiger partial charge in [-0.15, -0.1) is 0 Å². The molecule has 152 valence electrons. The van der Waals surface area contributed by atoms with Crippen LogP contribution in [0, 0.1) is 5.82 Å². The number of likely N-dealkylation sites (N-methyl/N-ethyl adjacent to an activating group) is 2. The van der Waals surface area contributed by atoms with Gasteiger partial charge in [-0.1, -0.05) is 13.3 Å². The van der Waals surface area contributed by atoms with Crippen LogP contribution in [0.4, 0.5) is 21.6 Å². The minimum Gasteiger partial charge on any atom is -0.383 e. The van der Waals surface area contributed by atoms with Crippen LogP contribution in [0.5, 0.6) is 0 Å². The van der Waals surface area contributed by atoms with Gasteiger partial charge in [0.15, 0.2) is 5.69 Å². The van der Waals surface area contributed by atoms with Crippen molar-refractivity contribution in [1.82, 2.24) is 9.55 Å². The van der Waals surface area contributed by atoms with Gasteiger partial charge >= 0.3 is 5.69 Å². The van der Waals surface area contributed by atoms with Gasteiger partial charge in [0.1, 0.15) is 11.6 Å². The zero-order valence-corrected chi connectivity index (χ0v) is 16.4. The van der Waals surface area contributed by atoms with Crippen molar-refractivity contribution in [1.29, 1.82) is 0 Å². The molecule has 0 unspecified atom stereocenters. The van der Waals surface area contributed by atoms with E-state index in [9.17, 15) is 18.8 Å². The first-order valence-electron chi connectivity index (χ1n) is 9.19. The summed E-state index contributed by atoms with van der Waals surface area (Å²) in [4.78, 5) is 42.5. The van der Waals surface area contributed by atoms with Crippen molar-refractivity contribution in [3.05, 3.63) is 50.9 Å². The summed E-state index contributed by atoms with van der Waals surface area (Å²) in [6, 6.07) is 5.73. The van der Waals surface area contributed by atoms with Crippen LogP contribution in [0.1, 0.15) is 26.7 Å². The van der Waals surface area contributed by atoms with Crippen LogP contribution in [-0.4, -0.2) is 35.6 Å². The van der Waals surface area contributed by atoms with Gasteiger partial charge in [-0.25, -0.2) is 9.18 Å². The SMILES string of the molecule is CCCCn1c(N)c(N(CC)C(=O)CN(C)c2ccc(F)cc2)c(=O)[nH]c1=O. The van der Waals surface area contributed by atoms with E-state index in [1.54, 1.807) is 31.0 Å². The molecule has 2 aromatic rings. The molecular formula is C19H26FN5O3. The summed E-state index contributed by atoms with van der Waals surface area (Å²) >= 11 is 0. The maximum Gasteiger partial charge on any atom is 0.330 e. The topological polar surface area (TPSA) is 104 Å². The second kappa shape index (κ2) is 9.20. The Labute approximate surface area is 162 Å². The fourth-order valence-corrected chi connectivity index (χ4v) is 2.91. The van der Waals surface area contributed by atoms with E-state index in [0.717, 1.165) is 6.42 Å². The molecule has 3 N–H and O–H groups in total. The molecule has 0 fully saturated rings. The number of halogens is 1. The normalized spacial score (nSPS) is 10.7. The fourth-order valence-electron chi connectivity index (χ4n) is 2.91. The average molecular weight is 391 g/mol. The van der Waals surface area contributed by atoms with Crippen LogP contribution in [0.25, 0.3) is 0 Å². The lowest BCUT2D eigenvalue weighted by Gasteiger charge is -2.26. The number of unbranched alkanes of at least 4 members (excludes halogenated alkanes) is 1. The largest absolute Gasteiger partial charge is 0.383 e. The highest BCUT2D eigenvalue weighted by molar-refractivity contribution is 5.98. The van der Waals surface area contributed by atoms with Gasteiger partial charge in [-0.05, 0) is 37.6 Å². The van der Waals surface area contributed by atoms with Crippen molar-refractivity contribution < 1.29 is 9.18 Å². The number of benzene rings is 1. The van der Waals surface area contributed by atoms with Crippen molar-refractivity contribution in [3.63, 3.8) is 0 Å². The number of rotatable bonds is 8. The Kier molecular flexibility index (Phi) is 6.97. The molecule has 0 aliphatic heterocycles. The molecule has 1 aromatic carbocycles. The molecule has 0 atom stereocenters. The first-order chi connectivity index (χ1) is 13.3. The number of aromatic amines is 1. The number of nitrogen functional groups attached to an aromatic ring is 1. The highest BCUT2D eigenvalue weighted by Crippen LogP contribution is 2.19. The van der Waals surface area contributed by atoms with Crippen LogP contribution < -0.4 is 26.8 Å². The van der Waals surface area contributed by atoms with Crippen LogP contribution in [0.15, 0.2) is 33.9 Å². The van der Waals surface area contributed by atoms with Crippen LogP contribution in [0.3, 0.4) is 0 Å². The highest BCUT2D eigenvalue weighted by atomic mass is 19.1. The van der Waals surface area contributed by atoms with Gasteiger partial charge in [-0.2, -0.15) is 0 Å². The number of aromatic nitrogens is 2. The Morgan fingerprint density at radius 2 is 1.86 bits per heavy atom. The van der Waals surface area contributed by atoms with E-state index in [1.807, 2.05) is 6.92 Å². The molecule has 8 nitrogen and oxygen atoms in total. The van der Waals surface area contributed by atoms with Gasteiger partial charge in [0.05, 0.1) is 6.54 Å². The van der Waals surface area contributed by atoms with E-state index in [2.05, 4.69) is 4.98 Å². The highest BCUT2D eigenvalue weighted by Gasteiger charge is 2.23. The summed E-state index contributed by atoms with van der Waals surface area (Å²) in [5.41, 5.74) is 5.42. The standard InChI is InChI=1S/C19H26FN5O3/c1-4-6-11-25-17(21)16(18(27)22-19(25)28)24(5-2)15(26)12-23(3)14-9-7-13(20)8-10-14/h7-10H,4-6,11-12,21H2,1-3H3,(H,22,27,28). The first-order valence-corrected chi connectivity index (χ1v) is 9.19. The third-order valence-corrected chi connectivity index (χ3v) is 4.48. The van der Waals surface area contributed by atoms with Crippen molar-refractivity contribution >= 4 is 23.1 Å². The summed E-state index contributed by atoms with van der Waals surface area (Å²) in [6.45, 7) is 4.20. The lowest BCUT2D eigenvalue weighted by atomic mass is 10.2. The molecule has 1 heterocycles. The summed E-state index contributed by atoms with van der Waals surface area (Å²) in [5, 5.41) is 0. The maximum atomic E-state index is 13.1. The van der Waals surface area contributed by atoms with Gasteiger partial charge in [0.25, 0.3) is 5.56 Å². The number of hydrogen-bond donors (Lipinski definition) is 2. The molecule has 1 aromatic heterocycles. The Hall–Kier alpha value is -3.10. The molecule has 0 saturated carbocycles. The predicted molar refractivity (Wildman–Crippen MR) is 108 cm³/mol. The Balaban J connectivity index is 2.33. The number of anilines is 3. The monoisotopic (exact) mass is 391 g/mol. The van der Waals surface area contributed by atoms with E-state index in [4.69, 9.17) is 5.73 Å². The Morgan fingerprint density at radius 3 is 2.43 bits per heavy atom. The quantitative estimate of drug-likeness (QED) is 0.710. The minimum atomic E-state index is -0.699. The van der Waals surface area contributed by atoms with E-state index >= 15 is 0 Å². The van der Waals surface area contributed by atoms with Crippen molar-refractivity contribution in [3.8, 4) is 0 Å². The number of carbonyl (C=O) groups excluding carboxylic acids is 1. The van der Waals surface area contributed by atoms with E-state index in [-0.39, 0.29) is 36.3 Å². The third-order valence-electron chi connectivity index (χ3n) is 4.48. The molecule has 0 radical (unpaired) electrons. The van der Waals surface area contributed by atoms with Crippen LogP contribution in [0.2, 0.25) is 0 Å². The molecular weight excluding hydrogens is 365 g/mol. The molecule has 2 rings (SSSR count). The Bertz CT molecular complexity index is 936. The number of nitrogens with zero attached hydrogens (tertiary/aromatic N) is 3. The van der Waals surface area contributed by atoms with E-state index in [1.165, 1.54) is 21.6 Å². The molecule has 0 bridgehead atoms. The van der Waals surface area contributed by atoms with Gasteiger partial charge < -0.3 is 15.5 Å². The van der Waals surface area contributed by atoms with E-state index < -0.39 is 11.2 Å². The van der Waals surface area contributed by atoms with Gasteiger partial charge in [-0.3, -0.25) is 19.1 Å². The number of hydrogen-bond acceptors (Lipinski definition) is 5. The molecule has 0 saturated heterocycles. The van der Waals surface area contributed by atoms with Crippen molar-refractivity contribution in [2.75, 3.05) is 35.7 Å². The molecule has 28 heavy (non-hydrogen) atoms. The summed E-state index contributed by atoms with van der Waals surface area (Å²) < 4.78 is 14.4. The second-order valence-corrected chi connectivity index (χ2v) is 6.47. The van der Waals surface area contributed by atoms with Crippen LogP contribution in [-0.2, 0) is 11.3 Å². The molecule has 0 spiro atoms. The number of amides is 1. The van der Waals surface area contributed by atoms with Gasteiger partial charge in [0.2, 0.25) is 5.91 Å². The predicted octanol–water partition coefficient (Wildman–Crippen LogP) is 1.55. The second-order valence-electron chi connectivity index (χ2n) is 6.47. The number of H-pyrrole nitrogens is 1. The number of carbonyl (C=O) groups is 1. The van der Waals surface area contributed by atoms with Gasteiger partial charge in [0, 0.05) is 25.8 Å². The minimum absolute atomic E-state index is 0.0261. The molecule has 0 aliphatic rings. The number of nitrogens with one attached hydrogen (secondary N) is 1. The molecule has 0 aliphatic carbocycles. The maximum absolute atomic E-state index is 13.1. The Morgan fingerprint density at radius 1 is 1.21 bits per heavy atom. The number of nitrogens with two attached hydrogens (primary N) is 1. The average Bonchev–Trinajstić information content (AvgIpc) is 2.65. The zero-order chi connectivity index (χ0) is 20.8. The molecule has 9 heteroatoms. The lowest BCUT2D eigenvalue weighted by Crippen LogP contribution is -2.44. The lowest BCUT2D eigenvalue weighted by molar-refractivity contribution is -0.117. The van der Waals surface area contributed by atoms with Crippen molar-refractivity contribution in [2.24, 2.45) is 0 Å². The first kappa shape index (κ1) is 21.2.